The first-order valence-corrected chi connectivity index (χ1v) is 13.2. The predicted molar refractivity (Wildman–Crippen MR) is 132 cm³/mol. The first kappa shape index (κ1) is 27.3. The molecule has 4 fully saturated rings. The normalized spacial score (nSPS) is 38.4. The van der Waals surface area contributed by atoms with Gasteiger partial charge in [0.2, 0.25) is 5.78 Å². The molecule has 0 aromatic carbocycles. The number of aliphatic hydroxyl groups excluding tert-OH is 3. The molecule has 0 unspecified atom stereocenters. The molecule has 0 radical (unpaired) electrons. The average Bonchev–Trinajstić information content (AvgIpc) is 3.53. The summed E-state index contributed by atoms with van der Waals surface area (Å²) in [6.07, 6.45) is 5.87. The Morgan fingerprint density at radius 2 is 1.83 bits per heavy atom. The van der Waals surface area contributed by atoms with E-state index in [1.807, 2.05) is 12.2 Å². The van der Waals surface area contributed by atoms with E-state index >= 15 is 0 Å². The van der Waals surface area contributed by atoms with Crippen molar-refractivity contribution in [2.45, 2.75) is 96.1 Å². The number of alkyl halides is 3. The highest BCUT2D eigenvalue weighted by Gasteiger charge is 2.63. The van der Waals surface area contributed by atoms with Crippen molar-refractivity contribution >= 4 is 5.78 Å². The number of ketones is 1. The zero-order valence-corrected chi connectivity index (χ0v) is 21.2. The van der Waals surface area contributed by atoms with E-state index < -0.39 is 35.7 Å². The third kappa shape index (κ3) is 5.03. The fraction of sp³-hybridized carbons (Fsp3) is 0.690. The summed E-state index contributed by atoms with van der Waals surface area (Å²) in [5, 5.41) is 30.7. The van der Waals surface area contributed by atoms with Gasteiger partial charge in [-0.25, -0.2) is 0 Å². The van der Waals surface area contributed by atoms with Crippen LogP contribution < -0.4 is 0 Å². The van der Waals surface area contributed by atoms with E-state index in [0.717, 1.165) is 37.7 Å². The molecular formula is C29H39F3O4. The third-order valence-electron chi connectivity index (χ3n) is 9.60. The van der Waals surface area contributed by atoms with Gasteiger partial charge in [-0.05, 0) is 85.7 Å². The van der Waals surface area contributed by atoms with E-state index in [0.29, 0.717) is 30.3 Å². The molecular weight excluding hydrogens is 469 g/mol. The van der Waals surface area contributed by atoms with Crippen LogP contribution in [0.2, 0.25) is 0 Å². The molecule has 0 aromatic heterocycles. The van der Waals surface area contributed by atoms with Gasteiger partial charge in [0.05, 0.1) is 23.7 Å². The van der Waals surface area contributed by atoms with Crippen molar-refractivity contribution in [2.24, 2.45) is 28.6 Å². The van der Waals surface area contributed by atoms with Crippen molar-refractivity contribution in [3.05, 3.63) is 47.6 Å². The van der Waals surface area contributed by atoms with Crippen LogP contribution >= 0.6 is 0 Å². The van der Waals surface area contributed by atoms with Gasteiger partial charge in [-0.3, -0.25) is 4.79 Å². The van der Waals surface area contributed by atoms with Gasteiger partial charge in [-0.15, -0.1) is 0 Å². The van der Waals surface area contributed by atoms with E-state index in [1.54, 1.807) is 0 Å². The Balaban J connectivity index is 1.47. The van der Waals surface area contributed by atoms with Gasteiger partial charge >= 0.3 is 6.18 Å². The Labute approximate surface area is 211 Å². The Kier molecular flexibility index (Phi) is 7.50. The lowest BCUT2D eigenvalue weighted by Crippen LogP contribution is -2.39. The highest BCUT2D eigenvalue weighted by molar-refractivity contribution is 5.92. The maximum atomic E-state index is 13.0. The molecule has 0 aromatic rings. The number of hydrogen-bond acceptors (Lipinski definition) is 4. The SMILES string of the molecule is C=C1C(=CC=C2CCC[C@]3(C)[C@@H]([C@H](C)C=C[C@H](O)C4(C(=O)C(F)(F)F)CC4)CC[C@@H]23)C[C@@H](O)C[C@@H]1O. The smallest absolute Gasteiger partial charge is 0.393 e. The number of aliphatic hydroxyl groups is 3. The molecule has 0 saturated heterocycles. The molecule has 36 heavy (non-hydrogen) atoms. The number of allylic oxidation sites excluding steroid dienone is 4. The number of Topliss-reactive ketones (excluding diaryl/α,β-unsaturated/α-hetero) is 1. The maximum Gasteiger partial charge on any atom is 0.450 e. The Hall–Kier alpha value is -1.70. The lowest BCUT2D eigenvalue weighted by Gasteiger charge is -2.44. The van der Waals surface area contributed by atoms with E-state index in [4.69, 9.17) is 0 Å². The largest absolute Gasteiger partial charge is 0.450 e. The monoisotopic (exact) mass is 508 g/mol. The number of rotatable bonds is 6. The number of carbonyl (C=O) groups is 1. The first-order chi connectivity index (χ1) is 16.8. The lowest BCUT2D eigenvalue weighted by molar-refractivity contribution is -0.180. The second-order valence-electron chi connectivity index (χ2n) is 11.8. The van der Waals surface area contributed by atoms with Crippen molar-refractivity contribution in [1.29, 1.82) is 0 Å². The lowest BCUT2D eigenvalue weighted by atomic mass is 9.61. The van der Waals surface area contributed by atoms with Crippen molar-refractivity contribution < 1.29 is 33.3 Å². The van der Waals surface area contributed by atoms with Gasteiger partial charge in [0.1, 0.15) is 0 Å². The maximum absolute atomic E-state index is 13.0. The highest BCUT2D eigenvalue weighted by Crippen LogP contribution is 2.60. The summed E-state index contributed by atoms with van der Waals surface area (Å²) in [4.78, 5) is 11.8. The third-order valence-corrected chi connectivity index (χ3v) is 9.60. The van der Waals surface area contributed by atoms with Crippen LogP contribution in [0.15, 0.2) is 47.6 Å². The number of carbonyl (C=O) groups excluding carboxylic acids is 1. The van der Waals surface area contributed by atoms with Crippen molar-refractivity contribution in [1.82, 2.24) is 0 Å². The molecule has 4 aliphatic rings. The molecule has 7 heteroatoms. The van der Waals surface area contributed by atoms with Crippen LogP contribution in [0.1, 0.15) is 71.6 Å². The summed E-state index contributed by atoms with van der Waals surface area (Å²) in [6.45, 7) is 8.36. The fourth-order valence-electron chi connectivity index (χ4n) is 7.28. The molecule has 0 amide bonds. The molecule has 4 aliphatic carbocycles. The minimum absolute atomic E-state index is 0.0406. The number of halogens is 3. The van der Waals surface area contributed by atoms with E-state index in [1.165, 1.54) is 11.6 Å². The van der Waals surface area contributed by atoms with Gasteiger partial charge in [0.15, 0.2) is 0 Å². The zero-order valence-electron chi connectivity index (χ0n) is 21.2. The van der Waals surface area contributed by atoms with Crippen LogP contribution in [0.4, 0.5) is 13.2 Å². The molecule has 4 rings (SSSR count). The molecule has 4 nitrogen and oxygen atoms in total. The summed E-state index contributed by atoms with van der Waals surface area (Å²) in [7, 11) is 0. The molecule has 0 aliphatic heterocycles. The summed E-state index contributed by atoms with van der Waals surface area (Å²) in [5.74, 6) is -1.04. The van der Waals surface area contributed by atoms with E-state index in [-0.39, 0.29) is 24.2 Å². The van der Waals surface area contributed by atoms with Gasteiger partial charge < -0.3 is 15.3 Å². The molecule has 0 spiro atoms. The minimum atomic E-state index is -4.93. The topological polar surface area (TPSA) is 77.8 Å². The van der Waals surface area contributed by atoms with Gasteiger partial charge in [-0.1, -0.05) is 50.3 Å². The summed E-state index contributed by atoms with van der Waals surface area (Å²) >= 11 is 0. The molecule has 0 bridgehead atoms. The van der Waals surface area contributed by atoms with Crippen LogP contribution in [0.25, 0.3) is 0 Å². The van der Waals surface area contributed by atoms with Gasteiger partial charge in [-0.2, -0.15) is 13.2 Å². The van der Waals surface area contributed by atoms with Crippen LogP contribution in [0.3, 0.4) is 0 Å². The second-order valence-corrected chi connectivity index (χ2v) is 11.8. The van der Waals surface area contributed by atoms with Crippen LogP contribution in [0, 0.1) is 28.6 Å². The summed E-state index contributed by atoms with van der Waals surface area (Å²) in [5.41, 5.74) is 1.27. The predicted octanol–water partition coefficient (Wildman–Crippen LogP) is 5.59. The van der Waals surface area contributed by atoms with Crippen LogP contribution in [-0.4, -0.2) is 45.6 Å². The highest BCUT2D eigenvalue weighted by atomic mass is 19.4. The Bertz CT molecular complexity index is 973. The first-order valence-electron chi connectivity index (χ1n) is 13.2. The average molecular weight is 509 g/mol. The number of hydrogen-bond donors (Lipinski definition) is 3. The van der Waals surface area contributed by atoms with Crippen LogP contribution in [-0.2, 0) is 4.79 Å². The van der Waals surface area contributed by atoms with Crippen LogP contribution in [0.5, 0.6) is 0 Å². The molecule has 4 saturated carbocycles. The Morgan fingerprint density at radius 1 is 1.14 bits per heavy atom. The quantitative estimate of drug-likeness (QED) is 0.409. The molecule has 7 atom stereocenters. The zero-order chi connectivity index (χ0) is 26.5. The van der Waals surface area contributed by atoms with Gasteiger partial charge in [0, 0.05) is 6.42 Å². The minimum Gasteiger partial charge on any atom is -0.393 e. The molecule has 3 N–H and O–H groups in total. The Morgan fingerprint density at radius 3 is 2.47 bits per heavy atom. The molecule has 0 heterocycles. The summed E-state index contributed by atoms with van der Waals surface area (Å²) < 4.78 is 38.9. The summed E-state index contributed by atoms with van der Waals surface area (Å²) in [6, 6.07) is 0. The number of fused-ring (bicyclic) bond motifs is 1. The second kappa shape index (κ2) is 9.88. The van der Waals surface area contributed by atoms with Gasteiger partial charge in [0.25, 0.3) is 0 Å². The van der Waals surface area contributed by atoms with E-state index in [2.05, 4.69) is 26.5 Å². The van der Waals surface area contributed by atoms with Crippen molar-refractivity contribution in [3.8, 4) is 0 Å². The van der Waals surface area contributed by atoms with Crippen molar-refractivity contribution in [2.75, 3.05) is 0 Å². The van der Waals surface area contributed by atoms with E-state index in [9.17, 15) is 33.3 Å². The fourth-order valence-corrected chi connectivity index (χ4v) is 7.28. The standard InChI is InChI=1S/C29H39F3O4/c1-17(6-11-25(35)28(13-14-28)26(36)29(30,31)32)22-9-10-23-19(5-4-12-27(22,23)3)7-8-20-15-21(33)16-24(34)18(20)2/h6-8,11,17,21-25,33-35H,2,4-5,9-10,12-16H2,1,3H3/t17-,21-,22-,23+,24+,25+,27-/m1/s1. The van der Waals surface area contributed by atoms with Crippen molar-refractivity contribution in [3.63, 3.8) is 0 Å². The molecule has 200 valence electrons.